The van der Waals surface area contributed by atoms with Crippen molar-refractivity contribution in [2.45, 2.75) is 0 Å². The highest BCUT2D eigenvalue weighted by Gasteiger charge is 2.29. The van der Waals surface area contributed by atoms with Gasteiger partial charge in [0.15, 0.2) is 0 Å². The third-order valence-electron chi connectivity index (χ3n) is 10.9. The summed E-state index contributed by atoms with van der Waals surface area (Å²) in [4.78, 5) is 2.47. The Morgan fingerprint density at radius 3 is 1.93 bits per heavy atom. The Bertz CT molecular complexity index is 3070. The molecule has 0 radical (unpaired) electrons. The van der Waals surface area contributed by atoms with Gasteiger partial charge in [0.25, 0.3) is 0 Å². The van der Waals surface area contributed by atoms with Crippen LogP contribution in [0.5, 0.6) is 11.5 Å². The second-order valence-electron chi connectivity index (χ2n) is 14.0. The molecule has 9 aromatic carbocycles. The summed E-state index contributed by atoms with van der Waals surface area (Å²) in [5, 5.41) is 4.90. The summed E-state index contributed by atoms with van der Waals surface area (Å²) in [7, 11) is 0. The number of ether oxygens (including phenoxy) is 1. The van der Waals surface area contributed by atoms with E-state index in [1.54, 1.807) is 0 Å². The summed E-state index contributed by atoms with van der Waals surface area (Å²) in [5.41, 5.74) is 12.3. The summed E-state index contributed by atoms with van der Waals surface area (Å²) in [6, 6.07) is 72.2. The topological polar surface area (TPSA) is 12.5 Å². The summed E-state index contributed by atoms with van der Waals surface area (Å²) < 4.78 is 9.62. The van der Waals surface area contributed by atoms with E-state index in [-0.39, 0.29) is 0 Å². The maximum absolute atomic E-state index is 7.07. The van der Waals surface area contributed by atoms with Crippen LogP contribution in [-0.2, 0) is 0 Å². The van der Waals surface area contributed by atoms with Crippen molar-refractivity contribution in [3.8, 4) is 56.0 Å². The van der Waals surface area contributed by atoms with Crippen LogP contribution in [0.25, 0.3) is 75.5 Å². The Balaban J connectivity index is 1.24. The van der Waals surface area contributed by atoms with Gasteiger partial charge < -0.3 is 9.64 Å². The summed E-state index contributed by atoms with van der Waals surface area (Å²) in [6.45, 7) is 0. The monoisotopic (exact) mass is 719 g/mol. The Morgan fingerprint density at radius 2 is 1.05 bits per heavy atom. The van der Waals surface area contributed by atoms with E-state index in [2.05, 4.69) is 205 Å². The van der Waals surface area contributed by atoms with Crippen molar-refractivity contribution in [2.75, 3.05) is 4.90 Å². The summed E-state index contributed by atoms with van der Waals surface area (Å²) >= 11 is 1.85. The van der Waals surface area contributed by atoms with Crippen molar-refractivity contribution in [3.63, 3.8) is 0 Å². The third kappa shape index (κ3) is 5.24. The van der Waals surface area contributed by atoms with E-state index in [1.807, 2.05) is 11.3 Å². The van der Waals surface area contributed by atoms with E-state index >= 15 is 0 Å². The van der Waals surface area contributed by atoms with Crippen LogP contribution in [0.3, 0.4) is 0 Å². The molecule has 10 aromatic rings. The van der Waals surface area contributed by atoms with Gasteiger partial charge in [-0.1, -0.05) is 152 Å². The minimum atomic E-state index is 0.840. The van der Waals surface area contributed by atoms with Gasteiger partial charge in [-0.25, -0.2) is 0 Å². The van der Waals surface area contributed by atoms with Crippen LogP contribution in [0.2, 0.25) is 0 Å². The van der Waals surface area contributed by atoms with Crippen LogP contribution in [0, 0.1) is 0 Å². The lowest BCUT2D eigenvalue weighted by atomic mass is 9.88. The first-order chi connectivity index (χ1) is 27.3. The van der Waals surface area contributed by atoms with Crippen LogP contribution in [0.1, 0.15) is 0 Å². The van der Waals surface area contributed by atoms with E-state index in [1.165, 1.54) is 31.1 Å². The van der Waals surface area contributed by atoms with E-state index in [0.29, 0.717) is 0 Å². The minimum Gasteiger partial charge on any atom is -0.456 e. The number of fused-ring (bicyclic) bond motifs is 10. The quantitative estimate of drug-likeness (QED) is 0.176. The predicted molar refractivity (Wildman–Crippen MR) is 233 cm³/mol. The zero-order valence-electron chi connectivity index (χ0n) is 29.8. The summed E-state index contributed by atoms with van der Waals surface area (Å²) in [6.07, 6.45) is 0. The molecule has 2 heterocycles. The first-order valence-corrected chi connectivity index (χ1v) is 19.5. The van der Waals surface area contributed by atoms with Crippen molar-refractivity contribution < 1.29 is 4.74 Å². The maximum Gasteiger partial charge on any atom is 0.136 e. The highest BCUT2D eigenvalue weighted by Crippen LogP contribution is 2.56. The molecule has 11 rings (SSSR count). The average molecular weight is 720 g/mol. The molecule has 0 saturated heterocycles. The molecular weight excluding hydrogens is 687 g/mol. The van der Waals surface area contributed by atoms with E-state index in [4.69, 9.17) is 4.74 Å². The van der Waals surface area contributed by atoms with Crippen LogP contribution in [-0.4, -0.2) is 0 Å². The number of hydrogen-bond acceptors (Lipinski definition) is 3. The van der Waals surface area contributed by atoms with Gasteiger partial charge in [-0.3, -0.25) is 0 Å². The predicted octanol–water partition coefficient (Wildman–Crippen LogP) is 15.5. The van der Waals surface area contributed by atoms with Crippen LogP contribution in [0.15, 0.2) is 200 Å². The molecule has 0 bridgehead atoms. The van der Waals surface area contributed by atoms with E-state index in [0.717, 1.165) is 72.9 Å². The molecule has 0 atom stereocenters. The lowest BCUT2D eigenvalue weighted by Gasteiger charge is -2.31. The van der Waals surface area contributed by atoms with Crippen LogP contribution in [0.4, 0.5) is 17.1 Å². The molecular formula is C52H33NOS. The van der Waals surface area contributed by atoms with Crippen LogP contribution >= 0.6 is 11.3 Å². The van der Waals surface area contributed by atoms with Crippen molar-refractivity contribution >= 4 is 59.3 Å². The molecule has 0 fully saturated rings. The molecule has 0 aliphatic carbocycles. The van der Waals surface area contributed by atoms with E-state index < -0.39 is 0 Å². The molecule has 1 aliphatic rings. The molecule has 258 valence electrons. The first kappa shape index (κ1) is 31.6. The van der Waals surface area contributed by atoms with Crippen molar-refractivity contribution in [3.05, 3.63) is 200 Å². The fraction of sp³-hybridized carbons (Fsp3) is 0. The SMILES string of the molecule is c1ccc(-c2ccc3c(c2)Oc2ccc4ccccc4c2-c2c-3cccc2N(c2ccc3c(c2)sc2ccccc23)c2ccccc2-c2ccccc2)cc1. The second kappa shape index (κ2) is 12.9. The van der Waals surface area contributed by atoms with Crippen molar-refractivity contribution in [1.29, 1.82) is 0 Å². The molecule has 0 amide bonds. The molecule has 0 unspecified atom stereocenters. The smallest absolute Gasteiger partial charge is 0.136 e. The molecule has 1 aliphatic heterocycles. The number of benzene rings is 9. The highest BCUT2D eigenvalue weighted by molar-refractivity contribution is 7.25. The number of hydrogen-bond donors (Lipinski definition) is 0. The van der Waals surface area contributed by atoms with Gasteiger partial charge in [0.2, 0.25) is 0 Å². The number of rotatable bonds is 5. The molecule has 0 saturated carbocycles. The molecule has 0 spiro atoms. The normalized spacial score (nSPS) is 11.8. The Labute approximate surface area is 323 Å². The fourth-order valence-corrected chi connectivity index (χ4v) is 9.50. The Morgan fingerprint density at radius 1 is 0.364 bits per heavy atom. The molecule has 55 heavy (non-hydrogen) atoms. The van der Waals surface area contributed by atoms with Gasteiger partial charge in [0.1, 0.15) is 11.5 Å². The lowest BCUT2D eigenvalue weighted by molar-refractivity contribution is 0.488. The zero-order chi connectivity index (χ0) is 36.3. The zero-order valence-corrected chi connectivity index (χ0v) is 30.6. The third-order valence-corrected chi connectivity index (χ3v) is 12.0. The van der Waals surface area contributed by atoms with Gasteiger partial charge in [-0.2, -0.15) is 0 Å². The number of nitrogens with zero attached hydrogens (tertiary/aromatic N) is 1. The number of para-hydroxylation sites is 1. The average Bonchev–Trinajstić information content (AvgIpc) is 3.55. The van der Waals surface area contributed by atoms with Gasteiger partial charge >= 0.3 is 0 Å². The number of thiophene rings is 1. The molecule has 3 heteroatoms. The highest BCUT2D eigenvalue weighted by atomic mass is 32.1. The lowest BCUT2D eigenvalue weighted by Crippen LogP contribution is -2.13. The summed E-state index contributed by atoms with van der Waals surface area (Å²) in [5.74, 6) is 1.68. The number of anilines is 3. The van der Waals surface area contributed by atoms with Gasteiger partial charge in [-0.05, 0) is 81.6 Å². The van der Waals surface area contributed by atoms with Crippen molar-refractivity contribution in [1.82, 2.24) is 0 Å². The van der Waals surface area contributed by atoms with Gasteiger partial charge in [0.05, 0.1) is 11.4 Å². The first-order valence-electron chi connectivity index (χ1n) is 18.7. The maximum atomic E-state index is 7.07. The molecule has 0 N–H and O–H groups in total. The molecule has 1 aromatic heterocycles. The Hall–Kier alpha value is -6.94. The van der Waals surface area contributed by atoms with Gasteiger partial charge in [0, 0.05) is 48.1 Å². The van der Waals surface area contributed by atoms with Crippen molar-refractivity contribution in [2.24, 2.45) is 0 Å². The Kier molecular flexibility index (Phi) is 7.39. The minimum absolute atomic E-state index is 0.840. The van der Waals surface area contributed by atoms with E-state index in [9.17, 15) is 0 Å². The fourth-order valence-electron chi connectivity index (χ4n) is 8.36. The van der Waals surface area contributed by atoms with Crippen LogP contribution < -0.4 is 9.64 Å². The molecule has 2 nitrogen and oxygen atoms in total. The largest absolute Gasteiger partial charge is 0.456 e. The second-order valence-corrected chi connectivity index (χ2v) is 15.1. The standard InChI is InChI=1S/C52H33NOS/c1-3-14-34(15-4-1)37-26-29-41-44-22-13-24-46(51(44)52-40-20-8-7-18-36(40)27-31-47(52)54-48(41)32-37)53(45-23-11-9-19-39(45)35-16-5-2-6-17-35)38-28-30-43-42-21-10-12-25-49(42)55-50(43)33-38/h1-33H. The van der Waals surface area contributed by atoms with Gasteiger partial charge in [-0.15, -0.1) is 11.3 Å².